The molecule has 0 spiro atoms. The molecule has 0 radical (unpaired) electrons. The summed E-state index contributed by atoms with van der Waals surface area (Å²) in [4.78, 5) is 4.30. The lowest BCUT2D eigenvalue weighted by molar-refractivity contribution is 1.27. The van der Waals surface area contributed by atoms with Crippen molar-refractivity contribution < 1.29 is 0 Å². The molecule has 0 atom stereocenters. The maximum absolute atomic E-state index is 4.30. The lowest BCUT2D eigenvalue weighted by atomic mass is 10.3. The highest BCUT2D eigenvalue weighted by Crippen LogP contribution is 2.31. The van der Waals surface area contributed by atoms with Crippen LogP contribution in [0, 0.1) is 0 Å². The number of aromatic nitrogens is 1. The molecule has 0 saturated heterocycles. The Morgan fingerprint density at radius 1 is 0.882 bits per heavy atom. The molecule has 2 nitrogen and oxygen atoms in total. The van der Waals surface area contributed by atoms with Gasteiger partial charge in [-0.05, 0) is 72.1 Å². The number of nitrogens with one attached hydrogen (secondary N) is 1. The van der Waals surface area contributed by atoms with Gasteiger partial charge in [-0.1, -0.05) is 15.9 Å². The molecule has 0 bridgehead atoms. The third kappa shape index (κ3) is 3.53. The zero-order valence-corrected chi connectivity index (χ0v) is 14.7. The van der Waals surface area contributed by atoms with Crippen molar-refractivity contribution in [1.29, 1.82) is 0 Å². The van der Waals surface area contributed by atoms with Crippen LogP contribution in [0.4, 0.5) is 11.5 Å². The Labute approximate surface area is 133 Å². The van der Waals surface area contributed by atoms with Crippen LogP contribution in [0.1, 0.15) is 0 Å². The van der Waals surface area contributed by atoms with Crippen LogP contribution in [-0.4, -0.2) is 4.98 Å². The second kappa shape index (κ2) is 5.82. The standard InChI is InChI=1S/C11H6Br4N2/c12-6-1-2-8(14)10(4-6)17-11-9(15)3-7(13)5-16-11/h1-5H,(H,16,17). The fourth-order valence-electron chi connectivity index (χ4n) is 1.23. The second-order valence-electron chi connectivity index (χ2n) is 3.23. The van der Waals surface area contributed by atoms with E-state index in [1.165, 1.54) is 0 Å². The molecule has 0 aliphatic heterocycles. The lowest BCUT2D eigenvalue weighted by Crippen LogP contribution is -1.95. The zero-order valence-electron chi connectivity index (χ0n) is 8.35. The van der Waals surface area contributed by atoms with E-state index in [-0.39, 0.29) is 0 Å². The fraction of sp³-hybridized carbons (Fsp3) is 0. The highest BCUT2D eigenvalue weighted by Gasteiger charge is 2.06. The summed E-state index contributed by atoms with van der Waals surface area (Å²) in [7, 11) is 0. The van der Waals surface area contributed by atoms with Crippen LogP contribution in [0.15, 0.2) is 48.4 Å². The molecule has 1 aromatic heterocycles. The quantitative estimate of drug-likeness (QED) is 0.575. The normalized spacial score (nSPS) is 10.4. The van der Waals surface area contributed by atoms with E-state index in [1.54, 1.807) is 6.20 Å². The molecule has 0 unspecified atom stereocenters. The zero-order chi connectivity index (χ0) is 12.4. The summed E-state index contributed by atoms with van der Waals surface area (Å²) in [5.74, 6) is 0.770. The van der Waals surface area contributed by atoms with Gasteiger partial charge in [-0.3, -0.25) is 0 Å². The summed E-state index contributed by atoms with van der Waals surface area (Å²) in [6.07, 6.45) is 1.75. The minimum atomic E-state index is 0.770. The van der Waals surface area contributed by atoms with Crippen molar-refractivity contribution >= 4 is 75.2 Å². The third-order valence-electron chi connectivity index (χ3n) is 1.99. The summed E-state index contributed by atoms with van der Waals surface area (Å²) < 4.78 is 3.83. The number of nitrogens with zero attached hydrogens (tertiary/aromatic N) is 1. The van der Waals surface area contributed by atoms with Crippen LogP contribution in [0.25, 0.3) is 0 Å². The summed E-state index contributed by atoms with van der Waals surface area (Å²) in [5.41, 5.74) is 0.954. The van der Waals surface area contributed by atoms with Gasteiger partial charge in [0.25, 0.3) is 0 Å². The van der Waals surface area contributed by atoms with Crippen LogP contribution >= 0.6 is 63.7 Å². The fourth-order valence-corrected chi connectivity index (χ4v) is 3.02. The number of anilines is 2. The van der Waals surface area contributed by atoms with E-state index < -0.39 is 0 Å². The summed E-state index contributed by atoms with van der Waals surface area (Å²) in [6.45, 7) is 0. The van der Waals surface area contributed by atoms with E-state index in [2.05, 4.69) is 74.0 Å². The van der Waals surface area contributed by atoms with E-state index >= 15 is 0 Å². The van der Waals surface area contributed by atoms with Gasteiger partial charge in [-0.25, -0.2) is 4.98 Å². The van der Waals surface area contributed by atoms with E-state index in [9.17, 15) is 0 Å². The Kier molecular flexibility index (Phi) is 4.63. The van der Waals surface area contributed by atoms with Gasteiger partial charge in [-0.2, -0.15) is 0 Å². The minimum absolute atomic E-state index is 0.770. The molecular weight excluding hydrogens is 480 g/mol. The predicted molar refractivity (Wildman–Crippen MR) is 84.8 cm³/mol. The predicted octanol–water partition coefficient (Wildman–Crippen LogP) is 5.88. The van der Waals surface area contributed by atoms with Crippen molar-refractivity contribution in [3.8, 4) is 0 Å². The topological polar surface area (TPSA) is 24.9 Å². The number of hydrogen-bond acceptors (Lipinski definition) is 2. The van der Waals surface area contributed by atoms with Crippen molar-refractivity contribution in [2.24, 2.45) is 0 Å². The average molecular weight is 486 g/mol. The molecule has 0 fully saturated rings. The molecule has 0 saturated carbocycles. The van der Waals surface area contributed by atoms with Gasteiger partial charge in [0.15, 0.2) is 0 Å². The molecule has 1 heterocycles. The van der Waals surface area contributed by atoms with E-state index in [0.29, 0.717) is 0 Å². The lowest BCUT2D eigenvalue weighted by Gasteiger charge is -2.10. The van der Waals surface area contributed by atoms with Crippen molar-refractivity contribution in [2.45, 2.75) is 0 Å². The Balaban J connectivity index is 2.34. The first-order chi connectivity index (χ1) is 8.06. The molecule has 2 aromatic rings. The van der Waals surface area contributed by atoms with Gasteiger partial charge in [0, 0.05) is 19.6 Å². The largest absolute Gasteiger partial charge is 0.338 e. The smallest absolute Gasteiger partial charge is 0.144 e. The van der Waals surface area contributed by atoms with Gasteiger partial charge in [0.1, 0.15) is 5.82 Å². The Morgan fingerprint density at radius 3 is 2.35 bits per heavy atom. The molecule has 2 rings (SSSR count). The molecule has 0 aliphatic carbocycles. The van der Waals surface area contributed by atoms with Crippen molar-refractivity contribution in [3.63, 3.8) is 0 Å². The molecule has 17 heavy (non-hydrogen) atoms. The first-order valence-corrected chi connectivity index (χ1v) is 7.76. The summed E-state index contributed by atoms with van der Waals surface area (Å²) in [5, 5.41) is 3.25. The highest BCUT2D eigenvalue weighted by atomic mass is 79.9. The molecule has 6 heteroatoms. The maximum atomic E-state index is 4.30. The van der Waals surface area contributed by atoms with Gasteiger partial charge in [-0.15, -0.1) is 0 Å². The molecular formula is C11H6Br4N2. The van der Waals surface area contributed by atoms with Crippen LogP contribution in [0.3, 0.4) is 0 Å². The molecule has 0 aliphatic rings. The highest BCUT2D eigenvalue weighted by molar-refractivity contribution is 9.11. The number of pyridine rings is 1. The molecule has 1 N–H and O–H groups in total. The Morgan fingerprint density at radius 2 is 1.65 bits per heavy atom. The average Bonchev–Trinajstić information content (AvgIpc) is 2.27. The van der Waals surface area contributed by atoms with Crippen LogP contribution in [-0.2, 0) is 0 Å². The van der Waals surface area contributed by atoms with Crippen LogP contribution < -0.4 is 5.32 Å². The minimum Gasteiger partial charge on any atom is -0.338 e. The molecule has 1 aromatic carbocycles. The number of rotatable bonds is 2. The molecule has 88 valence electrons. The van der Waals surface area contributed by atoms with Gasteiger partial charge in [0.2, 0.25) is 0 Å². The van der Waals surface area contributed by atoms with Crippen molar-refractivity contribution in [1.82, 2.24) is 4.98 Å². The Bertz CT molecular complexity index is 557. The van der Waals surface area contributed by atoms with E-state index in [1.807, 2.05) is 24.3 Å². The molecule has 0 amide bonds. The number of benzene rings is 1. The van der Waals surface area contributed by atoms with Gasteiger partial charge in [0.05, 0.1) is 10.2 Å². The number of halogens is 4. The van der Waals surface area contributed by atoms with E-state index in [4.69, 9.17) is 0 Å². The summed E-state index contributed by atoms with van der Waals surface area (Å²) >= 11 is 13.8. The van der Waals surface area contributed by atoms with Crippen molar-refractivity contribution in [3.05, 3.63) is 48.4 Å². The Hall–Kier alpha value is 0.0900. The monoisotopic (exact) mass is 482 g/mol. The number of hydrogen-bond donors (Lipinski definition) is 1. The SMILES string of the molecule is Brc1cnc(Nc2cc(Br)ccc2Br)c(Br)c1. The van der Waals surface area contributed by atoms with Crippen LogP contribution in [0.2, 0.25) is 0 Å². The van der Waals surface area contributed by atoms with E-state index in [0.717, 1.165) is 29.4 Å². The maximum Gasteiger partial charge on any atom is 0.144 e. The summed E-state index contributed by atoms with van der Waals surface area (Å²) in [6, 6.07) is 7.87. The third-order valence-corrected chi connectivity index (χ3v) is 4.21. The first-order valence-electron chi connectivity index (χ1n) is 4.59. The first kappa shape index (κ1) is 13.5. The van der Waals surface area contributed by atoms with Gasteiger partial charge < -0.3 is 5.32 Å². The van der Waals surface area contributed by atoms with Gasteiger partial charge >= 0.3 is 0 Å². The van der Waals surface area contributed by atoms with Crippen LogP contribution in [0.5, 0.6) is 0 Å². The second-order valence-corrected chi connectivity index (χ2v) is 6.77. The van der Waals surface area contributed by atoms with Crippen molar-refractivity contribution in [2.75, 3.05) is 5.32 Å².